The first-order chi connectivity index (χ1) is 12.9. The Morgan fingerprint density at radius 3 is 2.63 bits per heavy atom. The van der Waals surface area contributed by atoms with Crippen LogP contribution in [0.25, 0.3) is 0 Å². The second-order valence-corrected chi connectivity index (χ2v) is 8.24. The van der Waals surface area contributed by atoms with Gasteiger partial charge in [-0.05, 0) is 18.4 Å². The number of esters is 1. The summed E-state index contributed by atoms with van der Waals surface area (Å²) in [6.45, 7) is 2.34. The van der Waals surface area contributed by atoms with Crippen molar-refractivity contribution in [3.63, 3.8) is 0 Å². The van der Waals surface area contributed by atoms with Gasteiger partial charge in [-0.15, -0.1) is 0 Å². The summed E-state index contributed by atoms with van der Waals surface area (Å²) in [5, 5.41) is 11.7. The summed E-state index contributed by atoms with van der Waals surface area (Å²) in [5.74, 6) is -0.767. The van der Waals surface area contributed by atoms with Gasteiger partial charge in [0.15, 0.2) is 12.1 Å². The van der Waals surface area contributed by atoms with E-state index < -0.39 is 29.1 Å². The fraction of sp³-hybridized carbons (Fsp3) is 0.619. The molecule has 3 fully saturated rings. The van der Waals surface area contributed by atoms with Crippen LogP contribution in [0.5, 0.6) is 0 Å². The van der Waals surface area contributed by atoms with Gasteiger partial charge in [0.05, 0.1) is 19.8 Å². The van der Waals surface area contributed by atoms with E-state index in [-0.39, 0.29) is 11.9 Å². The number of nitrogens with zero attached hydrogens (tertiary/aromatic N) is 1. The lowest BCUT2D eigenvalue weighted by Gasteiger charge is -2.49. The highest BCUT2D eigenvalue weighted by Crippen LogP contribution is 2.60. The zero-order valence-electron chi connectivity index (χ0n) is 15.9. The molecule has 2 saturated heterocycles. The van der Waals surface area contributed by atoms with Crippen LogP contribution in [-0.2, 0) is 25.7 Å². The number of β-lactam (4-membered cyclic amide) rings is 1. The molecule has 0 spiro atoms. The molecule has 4 rings (SSSR count). The highest BCUT2D eigenvalue weighted by molar-refractivity contribution is 5.95. The maximum Gasteiger partial charge on any atom is 0.331 e. The zero-order chi connectivity index (χ0) is 19.2. The Morgan fingerprint density at radius 1 is 1.22 bits per heavy atom. The molecule has 3 aliphatic rings. The molecule has 1 saturated carbocycles. The molecule has 0 aromatic heterocycles. The van der Waals surface area contributed by atoms with Gasteiger partial charge in [-0.1, -0.05) is 56.5 Å². The zero-order valence-corrected chi connectivity index (χ0v) is 15.9. The van der Waals surface area contributed by atoms with Crippen LogP contribution in [-0.4, -0.2) is 52.8 Å². The molecule has 27 heavy (non-hydrogen) atoms. The third kappa shape index (κ3) is 2.53. The largest absolute Gasteiger partial charge is 0.467 e. The first-order valence-electron chi connectivity index (χ1n) is 9.72. The highest BCUT2D eigenvalue weighted by atomic mass is 16.5. The van der Waals surface area contributed by atoms with Gasteiger partial charge in [0.25, 0.3) is 5.91 Å². The predicted molar refractivity (Wildman–Crippen MR) is 97.6 cm³/mol. The third-order valence-corrected chi connectivity index (χ3v) is 6.91. The van der Waals surface area contributed by atoms with Crippen molar-refractivity contribution in [1.29, 1.82) is 0 Å². The monoisotopic (exact) mass is 373 g/mol. The van der Waals surface area contributed by atoms with E-state index in [1.165, 1.54) is 12.0 Å². The Labute approximate surface area is 159 Å². The van der Waals surface area contributed by atoms with Crippen molar-refractivity contribution in [3.05, 3.63) is 35.9 Å². The molecule has 0 radical (unpaired) electrons. The number of carbonyl (C=O) groups is 2. The quantitative estimate of drug-likeness (QED) is 0.646. The SMILES string of the molecule is COC(=O)[C@H]1N2C(=O)[C@H](OCc3ccccc3)[C@@H]2[C@]2(C)CCCCC[C@]12O. The lowest BCUT2D eigenvalue weighted by Crippen LogP contribution is -2.68. The lowest BCUT2D eigenvalue weighted by molar-refractivity contribution is -0.185. The number of aliphatic hydroxyl groups is 1. The molecular weight excluding hydrogens is 346 g/mol. The summed E-state index contributed by atoms with van der Waals surface area (Å²) in [6.07, 6.45) is 3.45. The minimum Gasteiger partial charge on any atom is -0.467 e. The van der Waals surface area contributed by atoms with Crippen molar-refractivity contribution >= 4 is 11.9 Å². The van der Waals surface area contributed by atoms with E-state index in [2.05, 4.69) is 0 Å². The van der Waals surface area contributed by atoms with Crippen LogP contribution in [0.2, 0.25) is 0 Å². The van der Waals surface area contributed by atoms with Gasteiger partial charge < -0.3 is 19.5 Å². The number of hydrogen-bond acceptors (Lipinski definition) is 5. The predicted octanol–water partition coefficient (Wildman–Crippen LogP) is 2.04. The molecule has 6 heteroatoms. The molecule has 1 aliphatic carbocycles. The smallest absolute Gasteiger partial charge is 0.331 e. The number of hydrogen-bond donors (Lipinski definition) is 1. The molecule has 1 amide bonds. The van der Waals surface area contributed by atoms with Crippen molar-refractivity contribution in [2.75, 3.05) is 7.11 Å². The average Bonchev–Trinajstić information content (AvgIpc) is 2.74. The summed E-state index contributed by atoms with van der Waals surface area (Å²) in [6, 6.07) is 8.46. The topological polar surface area (TPSA) is 76.1 Å². The maximum atomic E-state index is 12.9. The van der Waals surface area contributed by atoms with Crippen LogP contribution >= 0.6 is 0 Å². The van der Waals surface area contributed by atoms with Crippen molar-refractivity contribution in [1.82, 2.24) is 4.90 Å². The molecule has 146 valence electrons. The fourth-order valence-corrected chi connectivity index (χ4v) is 5.40. The molecule has 1 N–H and O–H groups in total. The number of rotatable bonds is 4. The first kappa shape index (κ1) is 18.4. The molecule has 2 heterocycles. The van der Waals surface area contributed by atoms with Gasteiger partial charge in [0, 0.05) is 5.41 Å². The van der Waals surface area contributed by atoms with E-state index in [1.54, 1.807) is 0 Å². The summed E-state index contributed by atoms with van der Waals surface area (Å²) in [7, 11) is 1.31. The Kier molecular flexibility index (Phi) is 4.51. The Hall–Kier alpha value is -1.92. The van der Waals surface area contributed by atoms with Crippen LogP contribution < -0.4 is 0 Å². The van der Waals surface area contributed by atoms with Gasteiger partial charge >= 0.3 is 5.97 Å². The molecular formula is C21H27NO5. The molecule has 0 unspecified atom stereocenters. The minimum atomic E-state index is -1.28. The number of amides is 1. The van der Waals surface area contributed by atoms with Crippen LogP contribution in [0.4, 0.5) is 0 Å². The van der Waals surface area contributed by atoms with Gasteiger partial charge in [-0.25, -0.2) is 4.79 Å². The van der Waals surface area contributed by atoms with E-state index >= 15 is 0 Å². The summed E-state index contributed by atoms with van der Waals surface area (Å²) < 4.78 is 11.0. The van der Waals surface area contributed by atoms with E-state index in [0.29, 0.717) is 13.0 Å². The Morgan fingerprint density at radius 2 is 1.93 bits per heavy atom. The molecule has 1 aromatic carbocycles. The van der Waals surface area contributed by atoms with Gasteiger partial charge in [0.2, 0.25) is 0 Å². The second kappa shape index (κ2) is 6.60. The van der Waals surface area contributed by atoms with Crippen LogP contribution in [0.15, 0.2) is 30.3 Å². The van der Waals surface area contributed by atoms with Crippen LogP contribution in [0.1, 0.15) is 44.6 Å². The Bertz CT molecular complexity index is 737. The van der Waals surface area contributed by atoms with E-state index in [4.69, 9.17) is 9.47 Å². The van der Waals surface area contributed by atoms with E-state index in [9.17, 15) is 14.7 Å². The number of benzene rings is 1. The summed E-state index contributed by atoms with van der Waals surface area (Å²) >= 11 is 0. The summed E-state index contributed by atoms with van der Waals surface area (Å²) in [4.78, 5) is 27.0. The van der Waals surface area contributed by atoms with E-state index in [0.717, 1.165) is 31.2 Å². The number of ether oxygens (including phenoxy) is 2. The van der Waals surface area contributed by atoms with Gasteiger partial charge in [-0.3, -0.25) is 4.79 Å². The van der Waals surface area contributed by atoms with Crippen LogP contribution in [0.3, 0.4) is 0 Å². The highest BCUT2D eigenvalue weighted by Gasteiger charge is 2.76. The number of carbonyl (C=O) groups excluding carboxylic acids is 2. The normalized spacial score (nSPS) is 37.8. The van der Waals surface area contributed by atoms with Crippen molar-refractivity contribution in [3.8, 4) is 0 Å². The summed E-state index contributed by atoms with van der Waals surface area (Å²) in [5.41, 5.74) is -0.869. The molecule has 5 atom stereocenters. The molecule has 1 aromatic rings. The van der Waals surface area contributed by atoms with Crippen molar-refractivity contribution in [2.45, 2.75) is 69.4 Å². The van der Waals surface area contributed by atoms with Gasteiger partial charge in [-0.2, -0.15) is 0 Å². The second-order valence-electron chi connectivity index (χ2n) is 8.24. The Balaban J connectivity index is 1.64. The first-order valence-corrected chi connectivity index (χ1v) is 9.72. The van der Waals surface area contributed by atoms with Gasteiger partial charge in [0.1, 0.15) is 5.60 Å². The van der Waals surface area contributed by atoms with Crippen molar-refractivity contribution < 1.29 is 24.2 Å². The van der Waals surface area contributed by atoms with Crippen LogP contribution in [0, 0.1) is 5.41 Å². The number of fused-ring (bicyclic) bond motifs is 3. The third-order valence-electron chi connectivity index (χ3n) is 6.91. The molecule has 2 aliphatic heterocycles. The lowest BCUT2D eigenvalue weighted by atomic mass is 9.64. The molecule has 0 bridgehead atoms. The standard InChI is InChI=1S/C21H27NO5/c1-20-11-7-4-8-12-21(20,25)17(19(24)26-2)22-16(20)15(18(22)23)27-13-14-9-5-3-6-10-14/h3,5-6,9-10,15-17,25H,4,7-8,11-13H2,1-2H3/t15-,16-,17-,20+,21+/m1/s1. The fourth-order valence-electron chi connectivity index (χ4n) is 5.40. The van der Waals surface area contributed by atoms with Crippen molar-refractivity contribution in [2.24, 2.45) is 5.41 Å². The average molecular weight is 373 g/mol. The maximum absolute atomic E-state index is 12.9. The minimum absolute atomic E-state index is 0.228. The van der Waals surface area contributed by atoms with E-state index in [1.807, 2.05) is 37.3 Å². The molecule has 6 nitrogen and oxygen atoms in total. The number of methoxy groups -OCH3 is 1.